The smallest absolute Gasteiger partial charge is 0.135 e. The van der Waals surface area contributed by atoms with E-state index in [-0.39, 0.29) is 0 Å². The number of thiazole rings is 1. The first-order chi connectivity index (χ1) is 6.95. The molecule has 0 N–H and O–H groups in total. The Morgan fingerprint density at radius 1 is 1.21 bits per heavy atom. The van der Waals surface area contributed by atoms with Gasteiger partial charge in [-0.25, -0.2) is 4.98 Å². The Balaban J connectivity index is 2.33. The number of benzene rings is 1. The lowest BCUT2D eigenvalue weighted by Gasteiger charge is -2.03. The highest BCUT2D eigenvalue weighted by molar-refractivity contribution is 7.11. The molecular formula is C11H7NOS. The summed E-state index contributed by atoms with van der Waals surface area (Å²) in [6.45, 7) is 0. The van der Waals surface area contributed by atoms with Gasteiger partial charge in [0.25, 0.3) is 0 Å². The molecular weight excluding hydrogens is 194 g/mol. The summed E-state index contributed by atoms with van der Waals surface area (Å²) in [6.07, 6.45) is 3.66. The number of rotatable bonds is 0. The van der Waals surface area contributed by atoms with Gasteiger partial charge in [0, 0.05) is 5.56 Å². The van der Waals surface area contributed by atoms with Gasteiger partial charge in [0.05, 0.1) is 22.3 Å². The Morgan fingerprint density at radius 3 is 3.14 bits per heavy atom. The molecule has 14 heavy (non-hydrogen) atoms. The molecule has 0 saturated heterocycles. The van der Waals surface area contributed by atoms with Crippen molar-refractivity contribution in [3.05, 3.63) is 40.9 Å². The van der Waals surface area contributed by atoms with Crippen molar-refractivity contribution in [2.45, 2.75) is 0 Å². The third-order valence-electron chi connectivity index (χ3n) is 2.15. The van der Waals surface area contributed by atoms with Crippen LogP contribution in [0.2, 0.25) is 0 Å². The fourth-order valence-electron chi connectivity index (χ4n) is 1.51. The van der Waals surface area contributed by atoms with E-state index in [1.807, 2.05) is 35.9 Å². The number of aromatic nitrogens is 1. The van der Waals surface area contributed by atoms with Gasteiger partial charge in [-0.05, 0) is 18.2 Å². The molecule has 68 valence electrons. The Kier molecular flexibility index (Phi) is 1.64. The summed E-state index contributed by atoms with van der Waals surface area (Å²) in [4.78, 5) is 5.49. The normalized spacial score (nSPS) is 12.6. The Morgan fingerprint density at radius 2 is 2.14 bits per heavy atom. The van der Waals surface area contributed by atoms with Gasteiger partial charge in [-0.1, -0.05) is 12.1 Å². The minimum absolute atomic E-state index is 0.869. The summed E-state index contributed by atoms with van der Waals surface area (Å²) in [5.41, 5.74) is 3.94. The van der Waals surface area contributed by atoms with Crippen LogP contribution in [0.25, 0.3) is 17.3 Å². The summed E-state index contributed by atoms with van der Waals surface area (Å²) >= 11 is 1.62. The first-order valence-corrected chi connectivity index (χ1v) is 5.19. The van der Waals surface area contributed by atoms with Crippen LogP contribution < -0.4 is 4.74 Å². The molecule has 0 saturated carbocycles. The van der Waals surface area contributed by atoms with Gasteiger partial charge in [-0.2, -0.15) is 0 Å². The van der Waals surface area contributed by atoms with Gasteiger partial charge in [0.1, 0.15) is 5.75 Å². The van der Waals surface area contributed by atoms with E-state index < -0.39 is 0 Å². The van der Waals surface area contributed by atoms with Crippen LogP contribution >= 0.6 is 11.3 Å². The third-order valence-corrected chi connectivity index (χ3v) is 2.95. The van der Waals surface area contributed by atoms with Crippen molar-refractivity contribution in [2.75, 3.05) is 0 Å². The van der Waals surface area contributed by atoms with E-state index in [1.54, 1.807) is 17.6 Å². The van der Waals surface area contributed by atoms with Crippen LogP contribution in [0, 0.1) is 0 Å². The number of hydrogen-bond acceptors (Lipinski definition) is 3. The number of para-hydroxylation sites is 1. The lowest BCUT2D eigenvalue weighted by molar-refractivity contribution is 0.488. The Hall–Kier alpha value is -1.61. The zero-order valence-corrected chi connectivity index (χ0v) is 8.12. The summed E-state index contributed by atoms with van der Waals surface area (Å²) in [6, 6.07) is 7.94. The van der Waals surface area contributed by atoms with E-state index >= 15 is 0 Å². The second-order valence-electron chi connectivity index (χ2n) is 2.98. The number of fused-ring (bicyclic) bond motifs is 3. The van der Waals surface area contributed by atoms with Crippen LogP contribution in [0.1, 0.15) is 4.88 Å². The quantitative estimate of drug-likeness (QED) is 0.653. The van der Waals surface area contributed by atoms with E-state index in [4.69, 9.17) is 4.74 Å². The van der Waals surface area contributed by atoms with Crippen LogP contribution in [0.3, 0.4) is 0 Å². The van der Waals surface area contributed by atoms with E-state index in [9.17, 15) is 0 Å². The number of ether oxygens (including phenoxy) is 1. The van der Waals surface area contributed by atoms with Crippen molar-refractivity contribution in [3.8, 4) is 17.0 Å². The molecule has 0 radical (unpaired) electrons. The highest BCUT2D eigenvalue weighted by Crippen LogP contribution is 2.35. The lowest BCUT2D eigenvalue weighted by atomic mass is 10.1. The first-order valence-electron chi connectivity index (χ1n) is 4.31. The van der Waals surface area contributed by atoms with Crippen molar-refractivity contribution < 1.29 is 4.74 Å². The van der Waals surface area contributed by atoms with Gasteiger partial charge in [-0.15, -0.1) is 11.3 Å². The maximum Gasteiger partial charge on any atom is 0.135 e. The molecule has 1 aromatic carbocycles. The summed E-state index contributed by atoms with van der Waals surface area (Å²) in [5.74, 6) is 0.869. The third kappa shape index (κ3) is 1.06. The second-order valence-corrected chi connectivity index (χ2v) is 3.87. The van der Waals surface area contributed by atoms with Crippen LogP contribution in [0.4, 0.5) is 0 Å². The average Bonchev–Trinajstić information content (AvgIpc) is 2.61. The predicted molar refractivity (Wildman–Crippen MR) is 57.2 cm³/mol. The van der Waals surface area contributed by atoms with Crippen molar-refractivity contribution >= 4 is 17.4 Å². The highest BCUT2D eigenvalue weighted by atomic mass is 32.1. The summed E-state index contributed by atoms with van der Waals surface area (Å²) < 4.78 is 5.48. The van der Waals surface area contributed by atoms with Crippen molar-refractivity contribution in [1.29, 1.82) is 0 Å². The highest BCUT2D eigenvalue weighted by Gasteiger charge is 2.13. The molecule has 1 aliphatic heterocycles. The van der Waals surface area contributed by atoms with Crippen molar-refractivity contribution in [1.82, 2.24) is 4.98 Å². The maximum atomic E-state index is 5.48. The van der Waals surface area contributed by atoms with Crippen LogP contribution in [-0.4, -0.2) is 4.98 Å². The molecule has 3 heteroatoms. The summed E-state index contributed by atoms with van der Waals surface area (Å²) in [7, 11) is 0. The monoisotopic (exact) mass is 201 g/mol. The lowest BCUT2D eigenvalue weighted by Crippen LogP contribution is -1.84. The molecule has 0 unspecified atom stereocenters. The molecule has 1 aromatic heterocycles. The molecule has 0 amide bonds. The van der Waals surface area contributed by atoms with Crippen molar-refractivity contribution in [3.63, 3.8) is 0 Å². The number of nitrogens with zero attached hydrogens (tertiary/aromatic N) is 1. The standard InChI is InChI=1S/C11H7NOS/c1-2-4-9-8(3-1)11-10(5-6-13-9)14-7-12-11/h1-7H. The molecule has 2 heterocycles. The fourth-order valence-corrected chi connectivity index (χ4v) is 2.19. The van der Waals surface area contributed by atoms with Crippen molar-refractivity contribution in [2.24, 2.45) is 0 Å². The largest absolute Gasteiger partial charge is 0.464 e. The molecule has 0 aliphatic carbocycles. The molecule has 3 rings (SSSR count). The topological polar surface area (TPSA) is 22.1 Å². The molecule has 0 bridgehead atoms. The summed E-state index contributed by atoms with van der Waals surface area (Å²) in [5, 5.41) is 0. The van der Waals surface area contributed by atoms with Crippen LogP contribution in [0.5, 0.6) is 5.75 Å². The minimum atomic E-state index is 0.869. The molecule has 0 spiro atoms. The number of hydrogen-bond donors (Lipinski definition) is 0. The van der Waals surface area contributed by atoms with E-state index in [0.29, 0.717) is 0 Å². The van der Waals surface area contributed by atoms with Gasteiger partial charge >= 0.3 is 0 Å². The van der Waals surface area contributed by atoms with Gasteiger partial charge in [0.15, 0.2) is 0 Å². The van der Waals surface area contributed by atoms with Gasteiger partial charge in [0.2, 0.25) is 0 Å². The van der Waals surface area contributed by atoms with Crippen LogP contribution in [-0.2, 0) is 0 Å². The molecule has 2 nitrogen and oxygen atoms in total. The van der Waals surface area contributed by atoms with E-state index in [1.165, 1.54) is 0 Å². The first kappa shape index (κ1) is 7.76. The molecule has 0 atom stereocenters. The van der Waals surface area contributed by atoms with Gasteiger partial charge < -0.3 is 4.74 Å². The SMILES string of the molecule is C1=Cc2scnc2-c2ccccc2O1. The molecule has 1 aliphatic rings. The molecule has 0 fully saturated rings. The van der Waals surface area contributed by atoms with Gasteiger partial charge in [-0.3, -0.25) is 0 Å². The maximum absolute atomic E-state index is 5.48. The van der Waals surface area contributed by atoms with E-state index in [0.717, 1.165) is 21.9 Å². The zero-order chi connectivity index (χ0) is 9.38. The Labute approximate surface area is 85.5 Å². The van der Waals surface area contributed by atoms with E-state index in [2.05, 4.69) is 4.98 Å². The van der Waals surface area contributed by atoms with Crippen LogP contribution in [0.15, 0.2) is 36.0 Å². The zero-order valence-electron chi connectivity index (χ0n) is 7.31. The molecule has 2 aromatic rings. The second kappa shape index (κ2) is 2.96. The predicted octanol–water partition coefficient (Wildman–Crippen LogP) is 3.17. The fraction of sp³-hybridized carbons (Fsp3) is 0. The minimum Gasteiger partial charge on any atom is -0.464 e. The Bertz CT molecular complexity index is 501. The average molecular weight is 201 g/mol.